The number of amides is 1. The Morgan fingerprint density at radius 1 is 1.19 bits per heavy atom. The molecule has 1 heterocycles. The molecule has 1 amide bonds. The average molecular weight is 302 g/mol. The summed E-state index contributed by atoms with van der Waals surface area (Å²) in [6, 6.07) is 11.4. The largest absolute Gasteiger partial charge is 0.392 e. The van der Waals surface area contributed by atoms with Gasteiger partial charge in [-0.25, -0.2) is 0 Å². The summed E-state index contributed by atoms with van der Waals surface area (Å²) in [5, 5.41) is 12.1. The van der Waals surface area contributed by atoms with E-state index in [0.717, 1.165) is 22.4 Å². The number of hydrogen-bond acceptors (Lipinski definition) is 4. The summed E-state index contributed by atoms with van der Waals surface area (Å²) >= 11 is 1.56. The van der Waals surface area contributed by atoms with Gasteiger partial charge in [0.1, 0.15) is 0 Å². The van der Waals surface area contributed by atoms with Crippen molar-refractivity contribution in [1.82, 2.24) is 10.3 Å². The van der Waals surface area contributed by atoms with Crippen LogP contribution >= 0.6 is 11.8 Å². The summed E-state index contributed by atoms with van der Waals surface area (Å²) in [4.78, 5) is 15.8. The standard InChI is InChI=1S/C16H18N2O2S/c19-10-15-6-2-1-5-14(15)9-18-16(20)12-21-11-13-4-3-7-17-8-13/h1-8,19H,9-12H2,(H,18,20). The van der Waals surface area contributed by atoms with Gasteiger partial charge in [0, 0.05) is 24.7 Å². The number of benzene rings is 1. The van der Waals surface area contributed by atoms with Gasteiger partial charge in [-0.2, -0.15) is 0 Å². The van der Waals surface area contributed by atoms with Gasteiger partial charge in [-0.05, 0) is 22.8 Å². The second-order valence-corrected chi connectivity index (χ2v) is 5.54. The molecule has 1 aromatic carbocycles. The van der Waals surface area contributed by atoms with Crippen molar-refractivity contribution in [3.8, 4) is 0 Å². The van der Waals surface area contributed by atoms with E-state index in [1.54, 1.807) is 18.0 Å². The molecular weight excluding hydrogens is 284 g/mol. The number of thioether (sulfide) groups is 1. The zero-order valence-corrected chi connectivity index (χ0v) is 12.5. The van der Waals surface area contributed by atoms with E-state index in [4.69, 9.17) is 0 Å². The van der Waals surface area contributed by atoms with Gasteiger partial charge in [-0.15, -0.1) is 11.8 Å². The van der Waals surface area contributed by atoms with Crippen LogP contribution in [0.3, 0.4) is 0 Å². The molecule has 4 nitrogen and oxygen atoms in total. The molecule has 0 unspecified atom stereocenters. The quantitative estimate of drug-likeness (QED) is 0.822. The number of aromatic nitrogens is 1. The molecule has 2 N–H and O–H groups in total. The number of nitrogens with zero attached hydrogens (tertiary/aromatic N) is 1. The molecule has 0 atom stereocenters. The van der Waals surface area contributed by atoms with E-state index in [1.807, 2.05) is 42.6 Å². The van der Waals surface area contributed by atoms with Crippen LogP contribution in [0.4, 0.5) is 0 Å². The average Bonchev–Trinajstić information content (AvgIpc) is 2.54. The van der Waals surface area contributed by atoms with E-state index in [0.29, 0.717) is 12.3 Å². The van der Waals surface area contributed by atoms with Crippen LogP contribution in [0.5, 0.6) is 0 Å². The molecule has 0 aliphatic carbocycles. The number of carbonyl (C=O) groups excluding carboxylic acids is 1. The monoisotopic (exact) mass is 302 g/mol. The molecule has 2 rings (SSSR count). The van der Waals surface area contributed by atoms with Gasteiger partial charge in [0.15, 0.2) is 0 Å². The molecule has 21 heavy (non-hydrogen) atoms. The van der Waals surface area contributed by atoms with Gasteiger partial charge in [-0.3, -0.25) is 9.78 Å². The normalized spacial score (nSPS) is 10.3. The van der Waals surface area contributed by atoms with Crippen molar-refractivity contribution in [2.45, 2.75) is 18.9 Å². The van der Waals surface area contributed by atoms with Crippen LogP contribution in [0.2, 0.25) is 0 Å². The number of rotatable bonds is 7. The number of nitrogens with one attached hydrogen (secondary N) is 1. The number of pyridine rings is 1. The predicted octanol–water partition coefficient (Wildman–Crippen LogP) is 2.12. The lowest BCUT2D eigenvalue weighted by molar-refractivity contribution is -0.118. The second kappa shape index (κ2) is 8.44. The Kier molecular flexibility index (Phi) is 6.24. The maximum Gasteiger partial charge on any atom is 0.230 e. The van der Waals surface area contributed by atoms with Crippen LogP contribution < -0.4 is 5.32 Å². The van der Waals surface area contributed by atoms with Crippen molar-refractivity contribution in [3.05, 3.63) is 65.5 Å². The summed E-state index contributed by atoms with van der Waals surface area (Å²) in [5.41, 5.74) is 2.91. The molecule has 2 aromatic rings. The van der Waals surface area contributed by atoms with Crippen molar-refractivity contribution in [2.24, 2.45) is 0 Å². The van der Waals surface area contributed by atoms with Crippen LogP contribution in [0.25, 0.3) is 0 Å². The van der Waals surface area contributed by atoms with E-state index in [1.165, 1.54) is 0 Å². The van der Waals surface area contributed by atoms with Crippen molar-refractivity contribution in [2.75, 3.05) is 5.75 Å². The summed E-state index contributed by atoms with van der Waals surface area (Å²) in [6.45, 7) is 0.435. The smallest absolute Gasteiger partial charge is 0.230 e. The molecular formula is C16H18N2O2S. The maximum atomic E-state index is 11.8. The highest BCUT2D eigenvalue weighted by Gasteiger charge is 2.04. The van der Waals surface area contributed by atoms with Crippen LogP contribution in [-0.2, 0) is 23.7 Å². The molecule has 5 heteroatoms. The summed E-state index contributed by atoms with van der Waals surface area (Å²) in [5.74, 6) is 1.18. The van der Waals surface area contributed by atoms with Crippen molar-refractivity contribution < 1.29 is 9.90 Å². The number of aliphatic hydroxyl groups is 1. The first-order valence-corrected chi connectivity index (χ1v) is 7.86. The lowest BCUT2D eigenvalue weighted by Crippen LogP contribution is -2.25. The molecule has 0 aliphatic rings. The summed E-state index contributed by atoms with van der Waals surface area (Å²) in [7, 11) is 0. The molecule has 0 saturated heterocycles. The zero-order valence-electron chi connectivity index (χ0n) is 11.7. The molecule has 0 saturated carbocycles. The highest BCUT2D eigenvalue weighted by Crippen LogP contribution is 2.11. The lowest BCUT2D eigenvalue weighted by Gasteiger charge is -2.09. The Morgan fingerprint density at radius 2 is 2.00 bits per heavy atom. The van der Waals surface area contributed by atoms with Gasteiger partial charge < -0.3 is 10.4 Å². The van der Waals surface area contributed by atoms with Gasteiger partial charge in [0.05, 0.1) is 12.4 Å². The Labute approximate surface area is 128 Å². The van der Waals surface area contributed by atoms with Crippen LogP contribution in [-0.4, -0.2) is 21.8 Å². The SMILES string of the molecule is O=C(CSCc1cccnc1)NCc1ccccc1CO. The third-order valence-electron chi connectivity index (χ3n) is 2.99. The summed E-state index contributed by atoms with van der Waals surface area (Å²) in [6.07, 6.45) is 3.54. The molecule has 110 valence electrons. The summed E-state index contributed by atoms with van der Waals surface area (Å²) < 4.78 is 0. The Hall–Kier alpha value is -1.85. The molecule has 0 fully saturated rings. The third-order valence-corrected chi connectivity index (χ3v) is 3.99. The number of carbonyl (C=O) groups is 1. The van der Waals surface area contributed by atoms with Crippen LogP contribution in [0.1, 0.15) is 16.7 Å². The minimum absolute atomic E-state index is 0.00312. The van der Waals surface area contributed by atoms with Crippen LogP contribution in [0, 0.1) is 0 Å². The minimum Gasteiger partial charge on any atom is -0.392 e. The fourth-order valence-electron chi connectivity index (χ4n) is 1.87. The first-order valence-electron chi connectivity index (χ1n) is 6.70. The highest BCUT2D eigenvalue weighted by atomic mass is 32.2. The Balaban J connectivity index is 1.72. The zero-order chi connectivity index (χ0) is 14.9. The first kappa shape index (κ1) is 15.5. The van der Waals surface area contributed by atoms with Gasteiger partial charge in [0.2, 0.25) is 5.91 Å². The third kappa shape index (κ3) is 5.21. The lowest BCUT2D eigenvalue weighted by atomic mass is 10.1. The topological polar surface area (TPSA) is 62.2 Å². The van der Waals surface area contributed by atoms with E-state index in [2.05, 4.69) is 10.3 Å². The minimum atomic E-state index is -0.0121. The van der Waals surface area contributed by atoms with E-state index in [-0.39, 0.29) is 12.5 Å². The molecule has 0 bridgehead atoms. The molecule has 0 aliphatic heterocycles. The molecule has 0 spiro atoms. The van der Waals surface area contributed by atoms with E-state index in [9.17, 15) is 9.90 Å². The number of hydrogen-bond donors (Lipinski definition) is 2. The Morgan fingerprint density at radius 3 is 2.71 bits per heavy atom. The van der Waals surface area contributed by atoms with Crippen LogP contribution in [0.15, 0.2) is 48.8 Å². The van der Waals surface area contributed by atoms with Gasteiger partial charge >= 0.3 is 0 Å². The maximum absolute atomic E-state index is 11.8. The molecule has 0 radical (unpaired) electrons. The first-order chi connectivity index (χ1) is 10.3. The number of aliphatic hydroxyl groups excluding tert-OH is 1. The van der Waals surface area contributed by atoms with Crippen molar-refractivity contribution in [1.29, 1.82) is 0 Å². The second-order valence-electron chi connectivity index (χ2n) is 4.56. The van der Waals surface area contributed by atoms with Gasteiger partial charge in [0.25, 0.3) is 0 Å². The van der Waals surface area contributed by atoms with Gasteiger partial charge in [-0.1, -0.05) is 30.3 Å². The highest BCUT2D eigenvalue weighted by molar-refractivity contribution is 7.99. The predicted molar refractivity (Wildman–Crippen MR) is 84.6 cm³/mol. The Bertz CT molecular complexity index is 575. The van der Waals surface area contributed by atoms with E-state index < -0.39 is 0 Å². The fourth-order valence-corrected chi connectivity index (χ4v) is 2.67. The van der Waals surface area contributed by atoms with E-state index >= 15 is 0 Å². The molecule has 1 aromatic heterocycles. The van der Waals surface area contributed by atoms with Crippen molar-refractivity contribution >= 4 is 17.7 Å². The fraction of sp³-hybridized carbons (Fsp3) is 0.250. The van der Waals surface area contributed by atoms with Crippen molar-refractivity contribution in [3.63, 3.8) is 0 Å².